The first-order valence-electron chi connectivity index (χ1n) is 6.10. The Labute approximate surface area is 108 Å². The summed E-state index contributed by atoms with van der Waals surface area (Å²) in [7, 11) is 0. The molecule has 0 amide bonds. The molecule has 3 nitrogen and oxygen atoms in total. The zero-order valence-corrected chi connectivity index (χ0v) is 10.7. The molecule has 0 bridgehead atoms. The number of hydrogen-bond donors (Lipinski definition) is 2. The number of benzene rings is 1. The van der Waals surface area contributed by atoms with Crippen LogP contribution in [0.5, 0.6) is 5.75 Å². The molecule has 0 aliphatic heterocycles. The molecule has 0 spiro atoms. The molecule has 0 saturated carbocycles. The van der Waals surface area contributed by atoms with Crippen LogP contribution in [0.15, 0.2) is 42.7 Å². The summed E-state index contributed by atoms with van der Waals surface area (Å²) < 4.78 is 0. The van der Waals surface area contributed by atoms with Crippen molar-refractivity contribution in [3.05, 3.63) is 53.9 Å². The normalized spacial score (nSPS) is 12.1. The first kappa shape index (κ1) is 12.4. The van der Waals surface area contributed by atoms with Crippen molar-refractivity contribution in [1.29, 1.82) is 0 Å². The van der Waals surface area contributed by atoms with E-state index in [-0.39, 0.29) is 0 Å². The molecule has 1 unspecified atom stereocenters. The minimum Gasteiger partial charge on any atom is -0.508 e. The minimum atomic E-state index is 0.308. The number of aromatic nitrogens is 1. The molecule has 0 aliphatic carbocycles. The van der Waals surface area contributed by atoms with Gasteiger partial charge in [-0.2, -0.15) is 0 Å². The number of phenolic OH excluding ortho intramolecular Hbond substituents is 1. The summed E-state index contributed by atoms with van der Waals surface area (Å²) in [6.45, 7) is 4.20. The van der Waals surface area contributed by atoms with Crippen LogP contribution in [0.25, 0.3) is 0 Å². The lowest BCUT2D eigenvalue weighted by molar-refractivity contribution is 0.475. The van der Waals surface area contributed by atoms with E-state index in [0.717, 1.165) is 12.1 Å². The van der Waals surface area contributed by atoms with E-state index in [0.29, 0.717) is 11.8 Å². The Morgan fingerprint density at radius 1 is 1.22 bits per heavy atom. The predicted molar refractivity (Wildman–Crippen MR) is 73.9 cm³/mol. The molecule has 1 atom stereocenters. The lowest BCUT2D eigenvalue weighted by Gasteiger charge is -2.16. The number of nitrogens with zero attached hydrogens (tertiary/aromatic N) is 1. The Balaban J connectivity index is 1.99. The number of aryl methyl sites for hydroxylation is 1. The number of nitrogens with one attached hydrogen (secondary N) is 1. The monoisotopic (exact) mass is 242 g/mol. The van der Waals surface area contributed by atoms with E-state index >= 15 is 0 Å². The van der Waals surface area contributed by atoms with Gasteiger partial charge in [-0.3, -0.25) is 4.98 Å². The maximum atomic E-state index is 9.24. The van der Waals surface area contributed by atoms with Gasteiger partial charge in [0.05, 0.1) is 11.9 Å². The molecular weight excluding hydrogens is 224 g/mol. The molecule has 2 rings (SSSR count). The fourth-order valence-electron chi connectivity index (χ4n) is 1.92. The Bertz CT molecular complexity index is 508. The van der Waals surface area contributed by atoms with Crippen LogP contribution in [0.2, 0.25) is 0 Å². The van der Waals surface area contributed by atoms with Gasteiger partial charge in [0.2, 0.25) is 0 Å². The smallest absolute Gasteiger partial charge is 0.115 e. The van der Waals surface area contributed by atoms with Gasteiger partial charge in [-0.05, 0) is 49.6 Å². The van der Waals surface area contributed by atoms with E-state index in [4.69, 9.17) is 0 Å². The Morgan fingerprint density at radius 2 is 1.94 bits per heavy atom. The van der Waals surface area contributed by atoms with Gasteiger partial charge in [-0.1, -0.05) is 12.1 Å². The highest BCUT2D eigenvalue weighted by Gasteiger charge is 2.05. The zero-order chi connectivity index (χ0) is 13.0. The van der Waals surface area contributed by atoms with E-state index in [9.17, 15) is 5.11 Å². The predicted octanol–water partition coefficient (Wildman–Crippen LogP) is 3.14. The van der Waals surface area contributed by atoms with Gasteiger partial charge in [-0.25, -0.2) is 0 Å². The van der Waals surface area contributed by atoms with Gasteiger partial charge < -0.3 is 10.4 Å². The van der Waals surface area contributed by atoms with Gasteiger partial charge in [0.25, 0.3) is 0 Å². The second kappa shape index (κ2) is 5.54. The third kappa shape index (κ3) is 3.23. The summed E-state index contributed by atoms with van der Waals surface area (Å²) in [5.74, 6) is 0.308. The molecular formula is C15H18N2O. The molecule has 94 valence electrons. The van der Waals surface area contributed by atoms with Crippen molar-refractivity contribution in [2.45, 2.75) is 26.3 Å². The third-order valence-corrected chi connectivity index (χ3v) is 2.92. The summed E-state index contributed by atoms with van der Waals surface area (Å²) in [4.78, 5) is 4.12. The molecule has 0 saturated heterocycles. The summed E-state index contributed by atoms with van der Waals surface area (Å²) in [6.07, 6.45) is 4.56. The molecule has 1 aromatic carbocycles. The number of hydrogen-bond acceptors (Lipinski definition) is 3. The SMILES string of the molecule is Cc1ccncc1NC(C)Cc1ccc(O)cc1. The van der Waals surface area contributed by atoms with Crippen molar-refractivity contribution in [3.8, 4) is 5.75 Å². The van der Waals surface area contributed by atoms with Crippen LogP contribution in [0, 0.1) is 6.92 Å². The fraction of sp³-hybridized carbons (Fsp3) is 0.267. The van der Waals surface area contributed by atoms with E-state index in [1.165, 1.54) is 11.1 Å². The van der Waals surface area contributed by atoms with Crippen molar-refractivity contribution in [3.63, 3.8) is 0 Å². The molecule has 2 N–H and O–H groups in total. The zero-order valence-electron chi connectivity index (χ0n) is 10.7. The van der Waals surface area contributed by atoms with E-state index < -0.39 is 0 Å². The van der Waals surface area contributed by atoms with Crippen molar-refractivity contribution in [1.82, 2.24) is 4.98 Å². The van der Waals surface area contributed by atoms with Crippen molar-refractivity contribution in [2.24, 2.45) is 0 Å². The van der Waals surface area contributed by atoms with Gasteiger partial charge in [0.1, 0.15) is 5.75 Å². The fourth-order valence-corrected chi connectivity index (χ4v) is 1.92. The number of pyridine rings is 1. The quantitative estimate of drug-likeness (QED) is 0.865. The highest BCUT2D eigenvalue weighted by atomic mass is 16.3. The second-order valence-electron chi connectivity index (χ2n) is 4.61. The molecule has 1 aromatic heterocycles. The van der Waals surface area contributed by atoms with Crippen LogP contribution in [-0.2, 0) is 6.42 Å². The van der Waals surface area contributed by atoms with Crippen molar-refractivity contribution < 1.29 is 5.11 Å². The Hall–Kier alpha value is -2.03. The van der Waals surface area contributed by atoms with Crippen molar-refractivity contribution in [2.75, 3.05) is 5.32 Å². The first-order valence-corrected chi connectivity index (χ1v) is 6.10. The number of phenols is 1. The highest BCUT2D eigenvalue weighted by molar-refractivity contribution is 5.48. The summed E-state index contributed by atoms with van der Waals surface area (Å²) in [5.41, 5.74) is 3.47. The molecule has 18 heavy (non-hydrogen) atoms. The van der Waals surface area contributed by atoms with E-state index in [1.54, 1.807) is 18.3 Å². The van der Waals surface area contributed by atoms with Gasteiger partial charge in [0, 0.05) is 12.2 Å². The molecule has 1 heterocycles. The van der Waals surface area contributed by atoms with Crippen LogP contribution in [0.3, 0.4) is 0 Å². The Kier molecular flexibility index (Phi) is 3.82. The first-order chi connectivity index (χ1) is 8.65. The van der Waals surface area contributed by atoms with Crippen LogP contribution in [-0.4, -0.2) is 16.1 Å². The van der Waals surface area contributed by atoms with Crippen LogP contribution in [0.1, 0.15) is 18.1 Å². The molecule has 0 fully saturated rings. The molecule has 3 heteroatoms. The van der Waals surface area contributed by atoms with E-state index in [1.807, 2.05) is 24.4 Å². The average Bonchev–Trinajstić information content (AvgIpc) is 2.35. The maximum Gasteiger partial charge on any atom is 0.115 e. The van der Waals surface area contributed by atoms with Crippen LogP contribution >= 0.6 is 0 Å². The van der Waals surface area contributed by atoms with Gasteiger partial charge in [-0.15, -0.1) is 0 Å². The van der Waals surface area contributed by atoms with Crippen LogP contribution in [0.4, 0.5) is 5.69 Å². The molecule has 0 aliphatic rings. The Morgan fingerprint density at radius 3 is 2.61 bits per heavy atom. The van der Waals surface area contributed by atoms with Crippen molar-refractivity contribution >= 4 is 5.69 Å². The minimum absolute atomic E-state index is 0.308. The molecule has 2 aromatic rings. The topological polar surface area (TPSA) is 45.2 Å². The second-order valence-corrected chi connectivity index (χ2v) is 4.61. The largest absolute Gasteiger partial charge is 0.508 e. The number of aromatic hydroxyl groups is 1. The lowest BCUT2D eigenvalue weighted by atomic mass is 10.1. The van der Waals surface area contributed by atoms with E-state index in [2.05, 4.69) is 24.1 Å². The third-order valence-electron chi connectivity index (χ3n) is 2.92. The van der Waals surface area contributed by atoms with Gasteiger partial charge >= 0.3 is 0 Å². The maximum absolute atomic E-state index is 9.24. The average molecular weight is 242 g/mol. The summed E-state index contributed by atoms with van der Waals surface area (Å²) >= 11 is 0. The van der Waals surface area contributed by atoms with Crippen LogP contribution < -0.4 is 5.32 Å². The lowest BCUT2D eigenvalue weighted by Crippen LogP contribution is -2.18. The highest BCUT2D eigenvalue weighted by Crippen LogP contribution is 2.16. The summed E-state index contributed by atoms with van der Waals surface area (Å²) in [5, 5.41) is 12.7. The van der Waals surface area contributed by atoms with Gasteiger partial charge in [0.15, 0.2) is 0 Å². The standard InChI is InChI=1S/C15H18N2O/c1-11-7-8-16-10-15(11)17-12(2)9-13-3-5-14(18)6-4-13/h3-8,10,12,17-18H,9H2,1-2H3. The summed E-state index contributed by atoms with van der Waals surface area (Å²) in [6, 6.07) is 9.65. The number of rotatable bonds is 4. The number of anilines is 1. The molecule has 0 radical (unpaired) electrons.